The molecule has 0 saturated heterocycles. The quantitative estimate of drug-likeness (QED) is 0.588. The second-order valence-electron chi connectivity index (χ2n) is 5.03. The molecule has 0 bridgehead atoms. The SMILES string of the molecule is C=C(C(=O)OC(C)(C)C)c1ccc(CC)cc1. The van der Waals surface area contributed by atoms with Crippen LogP contribution in [0.25, 0.3) is 5.57 Å². The van der Waals surface area contributed by atoms with Crippen LogP contribution in [-0.2, 0) is 16.0 Å². The van der Waals surface area contributed by atoms with E-state index in [-0.39, 0.29) is 5.97 Å². The van der Waals surface area contributed by atoms with E-state index < -0.39 is 5.60 Å². The first-order valence-electron chi connectivity index (χ1n) is 5.85. The first-order valence-corrected chi connectivity index (χ1v) is 5.85. The molecule has 0 saturated carbocycles. The fourth-order valence-corrected chi connectivity index (χ4v) is 1.40. The molecule has 0 aromatic heterocycles. The third kappa shape index (κ3) is 4.06. The average molecular weight is 232 g/mol. The van der Waals surface area contributed by atoms with Gasteiger partial charge in [-0.2, -0.15) is 0 Å². The Bertz CT molecular complexity index is 408. The Hall–Kier alpha value is -1.57. The van der Waals surface area contributed by atoms with Gasteiger partial charge in [0.2, 0.25) is 0 Å². The van der Waals surface area contributed by atoms with E-state index in [1.807, 2.05) is 45.0 Å². The van der Waals surface area contributed by atoms with Crippen LogP contribution in [0.15, 0.2) is 30.8 Å². The molecule has 0 aliphatic heterocycles. The van der Waals surface area contributed by atoms with Crippen LogP contribution >= 0.6 is 0 Å². The Morgan fingerprint density at radius 3 is 2.18 bits per heavy atom. The zero-order valence-electron chi connectivity index (χ0n) is 11.0. The number of carbonyl (C=O) groups is 1. The molecule has 0 aliphatic carbocycles. The van der Waals surface area contributed by atoms with Gasteiger partial charge in [0.05, 0.1) is 5.57 Å². The Kier molecular flexibility index (Phi) is 4.11. The summed E-state index contributed by atoms with van der Waals surface area (Å²) in [5.41, 5.74) is 1.98. The Labute approximate surface area is 103 Å². The highest BCUT2D eigenvalue weighted by Crippen LogP contribution is 2.18. The summed E-state index contributed by atoms with van der Waals surface area (Å²) in [6.45, 7) is 11.4. The minimum atomic E-state index is -0.483. The summed E-state index contributed by atoms with van der Waals surface area (Å²) in [5.74, 6) is -0.359. The lowest BCUT2D eigenvalue weighted by Gasteiger charge is -2.20. The zero-order chi connectivity index (χ0) is 13.1. The molecule has 0 heterocycles. The molecule has 2 heteroatoms. The summed E-state index contributed by atoms with van der Waals surface area (Å²) in [5, 5.41) is 0. The van der Waals surface area contributed by atoms with E-state index in [0.29, 0.717) is 5.57 Å². The van der Waals surface area contributed by atoms with Crippen LogP contribution in [0, 0.1) is 0 Å². The maximum atomic E-state index is 11.8. The standard InChI is InChI=1S/C15H20O2/c1-6-12-7-9-13(10-8-12)11(2)14(16)17-15(3,4)5/h7-10H,2,6H2,1,3-5H3. The number of rotatable bonds is 3. The van der Waals surface area contributed by atoms with Crippen LogP contribution in [0.2, 0.25) is 0 Å². The van der Waals surface area contributed by atoms with Crippen LogP contribution in [0.3, 0.4) is 0 Å². The summed E-state index contributed by atoms with van der Waals surface area (Å²) in [6, 6.07) is 7.83. The van der Waals surface area contributed by atoms with E-state index in [9.17, 15) is 4.79 Å². The molecule has 0 unspecified atom stereocenters. The van der Waals surface area contributed by atoms with Crippen molar-refractivity contribution in [1.82, 2.24) is 0 Å². The predicted molar refractivity (Wildman–Crippen MR) is 70.7 cm³/mol. The summed E-state index contributed by atoms with van der Waals surface area (Å²) in [7, 11) is 0. The van der Waals surface area contributed by atoms with E-state index in [2.05, 4.69) is 13.5 Å². The molecule has 17 heavy (non-hydrogen) atoms. The Morgan fingerprint density at radius 1 is 1.24 bits per heavy atom. The van der Waals surface area contributed by atoms with Crippen LogP contribution in [-0.4, -0.2) is 11.6 Å². The second-order valence-corrected chi connectivity index (χ2v) is 5.03. The number of esters is 1. The molecule has 2 nitrogen and oxygen atoms in total. The van der Waals surface area contributed by atoms with Gasteiger partial charge in [-0.3, -0.25) is 0 Å². The summed E-state index contributed by atoms with van der Waals surface area (Å²) in [4.78, 5) is 11.8. The largest absolute Gasteiger partial charge is 0.456 e. The third-order valence-corrected chi connectivity index (χ3v) is 2.36. The molecular weight excluding hydrogens is 212 g/mol. The highest BCUT2D eigenvalue weighted by Gasteiger charge is 2.19. The second kappa shape index (κ2) is 5.17. The van der Waals surface area contributed by atoms with Gasteiger partial charge in [-0.15, -0.1) is 0 Å². The van der Waals surface area contributed by atoms with E-state index in [1.54, 1.807) is 0 Å². The number of carbonyl (C=O) groups excluding carboxylic acids is 1. The van der Waals surface area contributed by atoms with Crippen LogP contribution < -0.4 is 0 Å². The van der Waals surface area contributed by atoms with Crippen molar-refractivity contribution in [2.75, 3.05) is 0 Å². The Morgan fingerprint density at radius 2 is 1.76 bits per heavy atom. The van der Waals surface area contributed by atoms with E-state index in [0.717, 1.165) is 12.0 Å². The van der Waals surface area contributed by atoms with Gasteiger partial charge in [-0.1, -0.05) is 37.8 Å². The van der Waals surface area contributed by atoms with Gasteiger partial charge in [-0.25, -0.2) is 4.79 Å². The molecule has 0 fully saturated rings. The van der Waals surface area contributed by atoms with Gasteiger partial charge in [0.15, 0.2) is 0 Å². The fourth-order valence-electron chi connectivity index (χ4n) is 1.40. The molecule has 1 rings (SSSR count). The van der Waals surface area contributed by atoms with Crippen molar-refractivity contribution in [3.05, 3.63) is 42.0 Å². The van der Waals surface area contributed by atoms with E-state index >= 15 is 0 Å². The molecule has 0 spiro atoms. The van der Waals surface area contributed by atoms with Gasteiger partial charge in [0, 0.05) is 0 Å². The van der Waals surface area contributed by atoms with Crippen molar-refractivity contribution in [3.8, 4) is 0 Å². The maximum Gasteiger partial charge on any atom is 0.338 e. The highest BCUT2D eigenvalue weighted by molar-refractivity contribution is 6.15. The summed E-state index contributed by atoms with van der Waals surface area (Å²) < 4.78 is 5.27. The topological polar surface area (TPSA) is 26.3 Å². The van der Waals surface area contributed by atoms with Crippen molar-refractivity contribution in [3.63, 3.8) is 0 Å². The van der Waals surface area contributed by atoms with Gasteiger partial charge in [0.1, 0.15) is 5.60 Å². The van der Waals surface area contributed by atoms with Crippen molar-refractivity contribution in [2.45, 2.75) is 39.7 Å². The number of aryl methyl sites for hydroxylation is 1. The molecule has 92 valence electrons. The minimum Gasteiger partial charge on any atom is -0.456 e. The third-order valence-electron chi connectivity index (χ3n) is 2.36. The van der Waals surface area contributed by atoms with Gasteiger partial charge in [-0.05, 0) is 38.3 Å². The summed E-state index contributed by atoms with van der Waals surface area (Å²) >= 11 is 0. The van der Waals surface area contributed by atoms with Crippen molar-refractivity contribution in [2.24, 2.45) is 0 Å². The number of ether oxygens (including phenoxy) is 1. The van der Waals surface area contributed by atoms with Crippen LogP contribution in [0.1, 0.15) is 38.8 Å². The lowest BCUT2D eigenvalue weighted by Crippen LogP contribution is -2.24. The number of hydrogen-bond acceptors (Lipinski definition) is 2. The smallest absolute Gasteiger partial charge is 0.338 e. The zero-order valence-corrected chi connectivity index (χ0v) is 11.0. The number of benzene rings is 1. The number of hydrogen-bond donors (Lipinski definition) is 0. The van der Waals surface area contributed by atoms with Crippen LogP contribution in [0.4, 0.5) is 0 Å². The van der Waals surface area contributed by atoms with E-state index in [4.69, 9.17) is 4.74 Å². The van der Waals surface area contributed by atoms with Gasteiger partial charge < -0.3 is 4.74 Å². The fraction of sp³-hybridized carbons (Fsp3) is 0.400. The molecular formula is C15H20O2. The van der Waals surface area contributed by atoms with Crippen LogP contribution in [0.5, 0.6) is 0 Å². The molecule has 1 aromatic rings. The lowest BCUT2D eigenvalue weighted by atomic mass is 10.0. The molecule has 0 atom stereocenters. The molecule has 0 aliphatic rings. The van der Waals surface area contributed by atoms with E-state index in [1.165, 1.54) is 5.56 Å². The Balaban J connectivity index is 2.78. The van der Waals surface area contributed by atoms with Gasteiger partial charge in [0.25, 0.3) is 0 Å². The monoisotopic (exact) mass is 232 g/mol. The first kappa shape index (κ1) is 13.5. The maximum absolute atomic E-state index is 11.8. The average Bonchev–Trinajstić information content (AvgIpc) is 2.26. The normalized spacial score (nSPS) is 11.1. The molecule has 1 aromatic carbocycles. The highest BCUT2D eigenvalue weighted by atomic mass is 16.6. The first-order chi connectivity index (χ1) is 7.83. The molecule has 0 amide bonds. The molecule has 0 radical (unpaired) electrons. The van der Waals surface area contributed by atoms with Crippen molar-refractivity contribution < 1.29 is 9.53 Å². The minimum absolute atomic E-state index is 0.359. The lowest BCUT2D eigenvalue weighted by molar-refractivity contribution is -0.147. The van der Waals surface area contributed by atoms with Crippen molar-refractivity contribution >= 4 is 11.5 Å². The molecule has 0 N–H and O–H groups in total. The summed E-state index contributed by atoms with van der Waals surface area (Å²) in [6.07, 6.45) is 0.985. The van der Waals surface area contributed by atoms with Gasteiger partial charge >= 0.3 is 5.97 Å². The van der Waals surface area contributed by atoms with Crippen molar-refractivity contribution in [1.29, 1.82) is 0 Å². The predicted octanol–water partition coefficient (Wildman–Crippen LogP) is 3.60.